The lowest BCUT2D eigenvalue weighted by Gasteiger charge is -2.19. The van der Waals surface area contributed by atoms with Crippen molar-refractivity contribution in [3.05, 3.63) is 18.0 Å². The summed E-state index contributed by atoms with van der Waals surface area (Å²) < 4.78 is 25.5. The van der Waals surface area contributed by atoms with Gasteiger partial charge in [-0.3, -0.25) is 0 Å². The number of carbonyl (C=O) groups is 1. The number of nitrogens with zero attached hydrogens (tertiary/aromatic N) is 1. The third-order valence-corrected chi connectivity index (χ3v) is 4.66. The molecule has 2 N–H and O–H groups in total. The van der Waals surface area contributed by atoms with Crippen molar-refractivity contribution in [3.63, 3.8) is 0 Å². The van der Waals surface area contributed by atoms with Crippen molar-refractivity contribution < 1.29 is 18.3 Å². The van der Waals surface area contributed by atoms with Crippen LogP contribution in [0.15, 0.2) is 17.2 Å². The first-order valence-electron chi connectivity index (χ1n) is 5.67. The van der Waals surface area contributed by atoms with Crippen LogP contribution >= 0.6 is 0 Å². The summed E-state index contributed by atoms with van der Waals surface area (Å²) in [4.78, 5) is 13.1. The lowest BCUT2D eigenvalue weighted by atomic mass is 10.1. The average Bonchev–Trinajstić information content (AvgIpc) is 2.78. The van der Waals surface area contributed by atoms with Crippen LogP contribution in [0.5, 0.6) is 0 Å². The van der Waals surface area contributed by atoms with E-state index in [4.69, 9.17) is 5.11 Å². The van der Waals surface area contributed by atoms with Gasteiger partial charge in [-0.2, -0.15) is 0 Å². The summed E-state index contributed by atoms with van der Waals surface area (Å²) >= 11 is 0. The Bertz CT molecular complexity index is 521. The van der Waals surface area contributed by atoms with Crippen molar-refractivity contribution in [1.82, 2.24) is 9.29 Å². The molecule has 7 heteroatoms. The van der Waals surface area contributed by atoms with Crippen LogP contribution in [0, 0.1) is 5.92 Å². The number of rotatable bonds is 6. The maximum absolute atomic E-state index is 12.1. The summed E-state index contributed by atoms with van der Waals surface area (Å²) in [5.41, 5.74) is -0.134. The molecule has 18 heavy (non-hydrogen) atoms. The topological polar surface area (TPSA) is 90.5 Å². The first-order valence-corrected chi connectivity index (χ1v) is 7.11. The zero-order chi connectivity index (χ0) is 13.9. The van der Waals surface area contributed by atoms with E-state index in [-0.39, 0.29) is 16.5 Å². The maximum atomic E-state index is 12.1. The fourth-order valence-electron chi connectivity index (χ4n) is 1.49. The minimum absolute atomic E-state index is 0.0225. The van der Waals surface area contributed by atoms with E-state index in [9.17, 15) is 13.2 Å². The molecule has 1 aromatic rings. The molecule has 0 saturated carbocycles. The molecule has 1 atom stereocenters. The molecule has 0 amide bonds. The number of carboxylic acid groups (broad SMARTS) is 1. The third kappa shape index (κ3) is 3.11. The zero-order valence-corrected chi connectivity index (χ0v) is 11.5. The second kappa shape index (κ2) is 5.53. The smallest absolute Gasteiger partial charge is 0.352 e. The van der Waals surface area contributed by atoms with Gasteiger partial charge in [0.1, 0.15) is 10.6 Å². The Morgan fingerprint density at radius 1 is 1.56 bits per heavy atom. The first kappa shape index (κ1) is 14.7. The van der Waals surface area contributed by atoms with Crippen LogP contribution in [0.25, 0.3) is 0 Å². The number of hydrogen-bond acceptors (Lipinski definition) is 3. The predicted octanol–water partition coefficient (Wildman–Crippen LogP) is 1.38. The number of carboxylic acids is 1. The Morgan fingerprint density at radius 3 is 2.61 bits per heavy atom. The summed E-state index contributed by atoms with van der Waals surface area (Å²) in [5, 5.41) is 8.75. The summed E-state index contributed by atoms with van der Waals surface area (Å²) in [5.74, 6) is -0.927. The van der Waals surface area contributed by atoms with Crippen LogP contribution < -0.4 is 0 Å². The normalized spacial score (nSPS) is 13.8. The number of H-pyrrole nitrogens is 1. The van der Waals surface area contributed by atoms with Crippen LogP contribution in [-0.2, 0) is 10.0 Å². The Labute approximate surface area is 107 Å². The highest BCUT2D eigenvalue weighted by Crippen LogP contribution is 2.17. The van der Waals surface area contributed by atoms with Crippen LogP contribution in [-0.4, -0.2) is 42.4 Å². The van der Waals surface area contributed by atoms with Gasteiger partial charge in [-0.15, -0.1) is 0 Å². The molecule has 1 unspecified atom stereocenters. The van der Waals surface area contributed by atoms with E-state index in [1.807, 2.05) is 13.8 Å². The van der Waals surface area contributed by atoms with E-state index in [1.54, 1.807) is 0 Å². The average molecular weight is 274 g/mol. The van der Waals surface area contributed by atoms with Crippen molar-refractivity contribution in [1.29, 1.82) is 0 Å². The number of aromatic nitrogens is 1. The van der Waals surface area contributed by atoms with Crippen LogP contribution in [0.4, 0.5) is 0 Å². The van der Waals surface area contributed by atoms with Gasteiger partial charge in [-0.1, -0.05) is 20.3 Å². The van der Waals surface area contributed by atoms with Crippen molar-refractivity contribution in [2.24, 2.45) is 5.92 Å². The molecule has 0 fully saturated rings. The van der Waals surface area contributed by atoms with E-state index in [0.717, 1.165) is 12.5 Å². The monoisotopic (exact) mass is 274 g/mol. The molecule has 0 aromatic carbocycles. The molecule has 0 aliphatic carbocycles. The van der Waals surface area contributed by atoms with Gasteiger partial charge in [0.2, 0.25) is 10.0 Å². The highest BCUT2D eigenvalue weighted by molar-refractivity contribution is 7.89. The minimum Gasteiger partial charge on any atom is -0.477 e. The molecule has 0 radical (unpaired) electrons. The van der Waals surface area contributed by atoms with Crippen LogP contribution in [0.1, 0.15) is 30.8 Å². The van der Waals surface area contributed by atoms with Gasteiger partial charge in [0, 0.05) is 19.8 Å². The molecule has 0 bridgehead atoms. The van der Waals surface area contributed by atoms with Crippen LogP contribution in [0.2, 0.25) is 0 Å². The lowest BCUT2D eigenvalue weighted by Crippen LogP contribution is -2.30. The highest BCUT2D eigenvalue weighted by Gasteiger charge is 2.24. The molecule has 0 aliphatic rings. The fraction of sp³-hybridized carbons (Fsp3) is 0.545. The minimum atomic E-state index is -3.62. The Morgan fingerprint density at radius 2 is 2.17 bits per heavy atom. The second-order valence-electron chi connectivity index (χ2n) is 4.35. The van der Waals surface area contributed by atoms with Gasteiger partial charge in [0.25, 0.3) is 0 Å². The Kier molecular flexibility index (Phi) is 4.53. The van der Waals surface area contributed by atoms with Gasteiger partial charge in [0.15, 0.2) is 0 Å². The molecule has 0 saturated heterocycles. The number of sulfonamides is 1. The van der Waals surface area contributed by atoms with Gasteiger partial charge < -0.3 is 10.1 Å². The summed E-state index contributed by atoms with van der Waals surface area (Å²) in [6.45, 7) is 4.36. The van der Waals surface area contributed by atoms with Gasteiger partial charge in [0.05, 0.1) is 0 Å². The van der Waals surface area contributed by atoms with Crippen molar-refractivity contribution in [3.8, 4) is 0 Å². The zero-order valence-electron chi connectivity index (χ0n) is 10.7. The summed E-state index contributed by atoms with van der Waals surface area (Å²) in [7, 11) is -2.12. The molecule has 0 spiro atoms. The number of nitrogens with one attached hydrogen (secondary N) is 1. The van der Waals surface area contributed by atoms with Gasteiger partial charge >= 0.3 is 5.97 Å². The maximum Gasteiger partial charge on any atom is 0.352 e. The SMILES string of the molecule is CCC(C)CN(C)S(=O)(=O)c1c[nH]c(C(=O)O)c1. The molecule has 102 valence electrons. The molecule has 1 aromatic heterocycles. The lowest BCUT2D eigenvalue weighted by molar-refractivity contribution is 0.0691. The molecular formula is C11H18N2O4S. The third-order valence-electron chi connectivity index (χ3n) is 2.86. The molecular weight excluding hydrogens is 256 g/mol. The quantitative estimate of drug-likeness (QED) is 0.820. The highest BCUT2D eigenvalue weighted by atomic mass is 32.2. The van der Waals surface area contributed by atoms with Gasteiger partial charge in [-0.05, 0) is 12.0 Å². The van der Waals surface area contributed by atoms with E-state index in [0.29, 0.717) is 6.54 Å². The second-order valence-corrected chi connectivity index (χ2v) is 6.40. The number of hydrogen-bond donors (Lipinski definition) is 2. The molecule has 1 heterocycles. The van der Waals surface area contributed by atoms with Gasteiger partial charge in [-0.25, -0.2) is 17.5 Å². The standard InChI is InChI=1S/C11H18N2O4S/c1-4-8(2)7-13(3)18(16,17)9-5-10(11(14)15)12-6-9/h5-6,8,12H,4,7H2,1-3H3,(H,14,15). The molecule has 6 nitrogen and oxygen atoms in total. The van der Waals surface area contributed by atoms with Crippen LogP contribution in [0.3, 0.4) is 0 Å². The van der Waals surface area contributed by atoms with Crippen molar-refractivity contribution >= 4 is 16.0 Å². The predicted molar refractivity (Wildman–Crippen MR) is 67.0 cm³/mol. The Hall–Kier alpha value is -1.34. The fourth-order valence-corrected chi connectivity index (χ4v) is 2.78. The van der Waals surface area contributed by atoms with E-state index in [2.05, 4.69) is 4.98 Å². The van der Waals surface area contributed by atoms with E-state index < -0.39 is 16.0 Å². The number of aromatic carboxylic acids is 1. The Balaban J connectivity index is 2.94. The largest absolute Gasteiger partial charge is 0.477 e. The first-order chi connectivity index (χ1) is 8.28. The molecule has 0 aliphatic heterocycles. The summed E-state index contributed by atoms with van der Waals surface area (Å²) in [6, 6.07) is 1.13. The summed E-state index contributed by atoms with van der Waals surface area (Å²) in [6.07, 6.45) is 2.08. The van der Waals surface area contributed by atoms with Crippen molar-refractivity contribution in [2.75, 3.05) is 13.6 Å². The number of aromatic amines is 1. The van der Waals surface area contributed by atoms with E-state index >= 15 is 0 Å². The van der Waals surface area contributed by atoms with Crippen molar-refractivity contribution in [2.45, 2.75) is 25.2 Å². The van der Waals surface area contributed by atoms with E-state index in [1.165, 1.54) is 17.5 Å². The molecule has 1 rings (SSSR count).